The first-order valence-corrected chi connectivity index (χ1v) is 9.49. The molecule has 0 aliphatic heterocycles. The number of halogens is 3. The first-order valence-electron chi connectivity index (χ1n) is 9.49. The summed E-state index contributed by atoms with van der Waals surface area (Å²) >= 11 is 0. The second kappa shape index (κ2) is 11.7. The number of anilines is 1. The smallest absolute Gasteiger partial charge is 0.259 e. The molecule has 0 radical (unpaired) electrons. The van der Waals surface area contributed by atoms with E-state index in [9.17, 15) is 9.18 Å². The maximum atomic E-state index is 14.3. The lowest BCUT2D eigenvalue weighted by molar-refractivity contribution is 0.102. The number of hydrogen-bond acceptors (Lipinski definition) is 4. The van der Waals surface area contributed by atoms with Crippen LogP contribution in [0.3, 0.4) is 0 Å². The van der Waals surface area contributed by atoms with Crippen LogP contribution in [0.4, 0.5) is 10.2 Å². The van der Waals surface area contributed by atoms with Crippen molar-refractivity contribution in [2.45, 2.75) is 26.2 Å². The van der Waals surface area contributed by atoms with E-state index < -0.39 is 11.7 Å². The zero-order valence-corrected chi connectivity index (χ0v) is 19.2. The Morgan fingerprint density at radius 3 is 2.35 bits per heavy atom. The number of aromatic nitrogens is 2. The Balaban J connectivity index is 0.00000240. The summed E-state index contributed by atoms with van der Waals surface area (Å²) < 4.78 is 21.6. The summed E-state index contributed by atoms with van der Waals surface area (Å²) in [5.41, 5.74) is 7.40. The van der Waals surface area contributed by atoms with Gasteiger partial charge in [0.15, 0.2) is 0 Å². The van der Waals surface area contributed by atoms with E-state index in [0.29, 0.717) is 23.9 Å². The minimum Gasteiger partial charge on any atom is -0.457 e. The van der Waals surface area contributed by atoms with Crippen molar-refractivity contribution in [2.75, 3.05) is 11.9 Å². The molecule has 3 rings (SSSR count). The Kier molecular flexibility index (Phi) is 9.97. The largest absolute Gasteiger partial charge is 0.457 e. The normalized spacial score (nSPS) is 10.3. The second-order valence-corrected chi connectivity index (χ2v) is 7.11. The van der Waals surface area contributed by atoms with Crippen LogP contribution in [-0.4, -0.2) is 22.2 Å². The van der Waals surface area contributed by atoms with Crippen LogP contribution in [0, 0.1) is 5.82 Å². The van der Waals surface area contributed by atoms with E-state index in [1.54, 1.807) is 17.8 Å². The molecule has 0 unspecified atom stereocenters. The van der Waals surface area contributed by atoms with Gasteiger partial charge in [-0.25, -0.2) is 4.39 Å². The first kappa shape index (κ1) is 26.4. The van der Waals surface area contributed by atoms with E-state index in [0.717, 1.165) is 17.7 Å². The third-order valence-electron chi connectivity index (χ3n) is 4.51. The van der Waals surface area contributed by atoms with Crippen molar-refractivity contribution in [1.82, 2.24) is 9.78 Å². The standard InChI is InChI=1S/C22H25FN4O2.2ClH/c1-14(2)20-13-21(27(3)26-20)25-22(28)18-12-17(8-9-19(18)23)29-16-6-4-15(5-7-16)10-11-24;;/h4-9,12-14H,10-11,24H2,1-3H3,(H,25,28);2*1H. The lowest BCUT2D eigenvalue weighted by atomic mass is 10.1. The molecule has 0 saturated carbocycles. The van der Waals surface area contributed by atoms with Gasteiger partial charge in [0.05, 0.1) is 11.3 Å². The number of nitrogens with one attached hydrogen (secondary N) is 1. The molecular weight excluding hydrogens is 442 g/mol. The zero-order chi connectivity index (χ0) is 21.0. The molecule has 0 fully saturated rings. The van der Waals surface area contributed by atoms with E-state index in [1.165, 1.54) is 18.2 Å². The quantitative estimate of drug-likeness (QED) is 0.506. The number of nitrogens with zero attached hydrogens (tertiary/aromatic N) is 2. The molecule has 0 bridgehead atoms. The molecule has 168 valence electrons. The highest BCUT2D eigenvalue weighted by atomic mass is 35.5. The number of ether oxygens (including phenoxy) is 1. The van der Waals surface area contributed by atoms with E-state index in [-0.39, 0.29) is 36.3 Å². The van der Waals surface area contributed by atoms with Crippen molar-refractivity contribution in [1.29, 1.82) is 0 Å². The molecular formula is C22H27Cl2FN4O2. The second-order valence-electron chi connectivity index (χ2n) is 7.11. The molecule has 9 heteroatoms. The summed E-state index contributed by atoms with van der Waals surface area (Å²) in [6, 6.07) is 13.4. The van der Waals surface area contributed by atoms with Gasteiger partial charge in [0.2, 0.25) is 0 Å². The van der Waals surface area contributed by atoms with Crippen LogP contribution in [-0.2, 0) is 13.5 Å². The Bertz CT molecular complexity index is 1010. The summed E-state index contributed by atoms with van der Waals surface area (Å²) in [4.78, 5) is 12.6. The van der Waals surface area contributed by atoms with Crippen LogP contribution in [0.25, 0.3) is 0 Å². The van der Waals surface area contributed by atoms with Gasteiger partial charge < -0.3 is 15.8 Å². The molecule has 2 aromatic carbocycles. The Morgan fingerprint density at radius 1 is 1.13 bits per heavy atom. The molecule has 3 aromatic rings. The Labute approximate surface area is 193 Å². The maximum absolute atomic E-state index is 14.3. The maximum Gasteiger partial charge on any atom is 0.259 e. The highest BCUT2D eigenvalue weighted by Crippen LogP contribution is 2.25. The van der Waals surface area contributed by atoms with Crippen LogP contribution in [0.5, 0.6) is 11.5 Å². The summed E-state index contributed by atoms with van der Waals surface area (Å²) in [5, 5.41) is 7.06. The van der Waals surface area contributed by atoms with Crippen molar-refractivity contribution in [3.05, 3.63) is 71.2 Å². The van der Waals surface area contributed by atoms with Gasteiger partial charge in [-0.1, -0.05) is 26.0 Å². The highest BCUT2D eigenvalue weighted by molar-refractivity contribution is 6.04. The molecule has 3 N–H and O–H groups in total. The van der Waals surface area contributed by atoms with Crippen molar-refractivity contribution in [2.24, 2.45) is 12.8 Å². The van der Waals surface area contributed by atoms with Crippen LogP contribution < -0.4 is 15.8 Å². The predicted octanol–water partition coefficient (Wildman–Crippen LogP) is 5.07. The van der Waals surface area contributed by atoms with Crippen molar-refractivity contribution >= 4 is 36.5 Å². The molecule has 1 heterocycles. The fourth-order valence-corrected chi connectivity index (χ4v) is 2.84. The molecule has 0 spiro atoms. The Hall–Kier alpha value is -2.61. The molecule has 0 atom stereocenters. The van der Waals surface area contributed by atoms with Crippen molar-refractivity contribution in [3.63, 3.8) is 0 Å². The number of hydrogen-bond donors (Lipinski definition) is 2. The van der Waals surface area contributed by atoms with Gasteiger partial charge in [0.25, 0.3) is 5.91 Å². The summed E-state index contributed by atoms with van der Waals surface area (Å²) in [5.74, 6) is 0.494. The van der Waals surface area contributed by atoms with Crippen molar-refractivity contribution in [3.8, 4) is 11.5 Å². The number of carbonyl (C=O) groups excluding carboxylic acids is 1. The van der Waals surface area contributed by atoms with Crippen LogP contribution >= 0.6 is 24.8 Å². The fraction of sp³-hybridized carbons (Fsp3) is 0.273. The molecule has 0 saturated heterocycles. The number of carbonyl (C=O) groups is 1. The number of rotatable bonds is 7. The molecule has 6 nitrogen and oxygen atoms in total. The van der Waals surface area contributed by atoms with Gasteiger partial charge in [-0.05, 0) is 54.8 Å². The fourth-order valence-electron chi connectivity index (χ4n) is 2.84. The molecule has 1 amide bonds. The molecule has 0 aliphatic rings. The SMILES string of the molecule is CC(C)c1cc(NC(=O)c2cc(Oc3ccc(CCN)cc3)ccc2F)n(C)n1.Cl.Cl. The topological polar surface area (TPSA) is 82.2 Å². The number of nitrogens with two attached hydrogens (primary N) is 1. The zero-order valence-electron chi connectivity index (χ0n) is 17.6. The summed E-state index contributed by atoms with van der Waals surface area (Å²) in [6.45, 7) is 4.60. The van der Waals surface area contributed by atoms with Crippen LogP contribution in [0.2, 0.25) is 0 Å². The average molecular weight is 469 g/mol. The average Bonchev–Trinajstić information content (AvgIpc) is 3.06. The molecule has 31 heavy (non-hydrogen) atoms. The van der Waals surface area contributed by atoms with Gasteiger partial charge in [-0.2, -0.15) is 5.10 Å². The lowest BCUT2D eigenvalue weighted by Crippen LogP contribution is -2.16. The minimum absolute atomic E-state index is 0. The van der Waals surface area contributed by atoms with Gasteiger partial charge in [0.1, 0.15) is 23.1 Å². The van der Waals surface area contributed by atoms with Gasteiger partial charge in [-0.3, -0.25) is 9.48 Å². The summed E-state index contributed by atoms with van der Waals surface area (Å²) in [6.07, 6.45) is 0.785. The number of aryl methyl sites for hydroxylation is 1. The van der Waals surface area contributed by atoms with E-state index >= 15 is 0 Å². The minimum atomic E-state index is -0.626. The monoisotopic (exact) mass is 468 g/mol. The van der Waals surface area contributed by atoms with Gasteiger partial charge in [0, 0.05) is 13.1 Å². The molecule has 1 aromatic heterocycles. The van der Waals surface area contributed by atoms with Crippen molar-refractivity contribution < 1.29 is 13.9 Å². The van der Waals surface area contributed by atoms with E-state index in [4.69, 9.17) is 10.5 Å². The van der Waals surface area contributed by atoms with E-state index in [2.05, 4.69) is 10.4 Å². The Morgan fingerprint density at radius 2 is 1.77 bits per heavy atom. The lowest BCUT2D eigenvalue weighted by Gasteiger charge is -2.10. The van der Waals surface area contributed by atoms with Gasteiger partial charge in [-0.15, -0.1) is 24.8 Å². The third-order valence-corrected chi connectivity index (χ3v) is 4.51. The first-order chi connectivity index (χ1) is 13.9. The van der Waals surface area contributed by atoms with Crippen LogP contribution in [0.15, 0.2) is 48.5 Å². The number of benzene rings is 2. The molecule has 0 aliphatic carbocycles. The number of amides is 1. The highest BCUT2D eigenvalue weighted by Gasteiger charge is 2.17. The third kappa shape index (κ3) is 6.69. The van der Waals surface area contributed by atoms with Crippen LogP contribution in [0.1, 0.15) is 41.4 Å². The summed E-state index contributed by atoms with van der Waals surface area (Å²) in [7, 11) is 1.73. The van der Waals surface area contributed by atoms with Gasteiger partial charge >= 0.3 is 0 Å². The van der Waals surface area contributed by atoms with E-state index in [1.807, 2.05) is 38.1 Å². The predicted molar refractivity (Wildman–Crippen MR) is 125 cm³/mol.